The molecule has 0 bridgehead atoms. The van der Waals surface area contributed by atoms with Gasteiger partial charge in [-0.1, -0.05) is 22.9 Å². The van der Waals surface area contributed by atoms with Crippen LogP contribution in [-0.2, 0) is 0 Å². The molecule has 0 unspecified atom stereocenters. The molecule has 5 aromatic rings. The minimum absolute atomic E-state index is 0.248. The highest BCUT2D eigenvalue weighted by atomic mass is 16.5. The normalized spacial score (nSPS) is 11.1. The van der Waals surface area contributed by atoms with Gasteiger partial charge in [0.25, 0.3) is 11.4 Å². The third kappa shape index (κ3) is 4.08. The Labute approximate surface area is 199 Å². The number of aryl methyl sites for hydroxylation is 1. The van der Waals surface area contributed by atoms with Crippen molar-refractivity contribution in [2.24, 2.45) is 0 Å². The van der Waals surface area contributed by atoms with E-state index in [-0.39, 0.29) is 5.89 Å². The van der Waals surface area contributed by atoms with Crippen LogP contribution in [0.3, 0.4) is 0 Å². The van der Waals surface area contributed by atoms with Crippen molar-refractivity contribution in [1.29, 1.82) is 0 Å². The average Bonchev–Trinajstić information content (AvgIpc) is 3.36. The van der Waals surface area contributed by atoms with E-state index < -0.39 is 11.2 Å². The molecule has 176 valence electrons. The maximum atomic E-state index is 13.1. The number of ether oxygens (including phenoxy) is 2. The number of hydrogen-bond acceptors (Lipinski definition) is 7. The highest BCUT2D eigenvalue weighted by Gasteiger charge is 2.16. The molecule has 0 amide bonds. The van der Waals surface area contributed by atoms with Crippen molar-refractivity contribution < 1.29 is 14.0 Å². The molecule has 0 saturated heterocycles. The molecule has 0 radical (unpaired) electrons. The molecule has 0 atom stereocenters. The van der Waals surface area contributed by atoms with Crippen LogP contribution in [0.25, 0.3) is 39.4 Å². The number of benzene rings is 3. The molecule has 5 rings (SSSR count). The van der Waals surface area contributed by atoms with Crippen LogP contribution in [0.5, 0.6) is 11.5 Å². The first-order valence-electron chi connectivity index (χ1n) is 11.0. The molecule has 0 aliphatic heterocycles. The zero-order chi connectivity index (χ0) is 24.5. The molecule has 0 aliphatic rings. The second-order valence-electron chi connectivity index (χ2n) is 7.89. The Morgan fingerprint density at radius 2 is 1.74 bits per heavy atom. The van der Waals surface area contributed by atoms with Crippen LogP contribution >= 0.6 is 0 Å². The van der Waals surface area contributed by atoms with Crippen molar-refractivity contribution in [3.8, 4) is 40.0 Å². The van der Waals surface area contributed by atoms with Crippen molar-refractivity contribution in [3.63, 3.8) is 0 Å². The quantitative estimate of drug-likeness (QED) is 0.397. The Kier molecular flexibility index (Phi) is 5.66. The number of rotatable bonds is 6. The monoisotopic (exact) mass is 470 g/mol. The largest absolute Gasteiger partial charge is 0.493 e. The van der Waals surface area contributed by atoms with Crippen molar-refractivity contribution in [1.82, 2.24) is 19.7 Å². The van der Waals surface area contributed by atoms with E-state index in [1.165, 1.54) is 0 Å². The van der Waals surface area contributed by atoms with Gasteiger partial charge in [0.05, 0.1) is 30.3 Å². The highest BCUT2D eigenvalue weighted by Crippen LogP contribution is 2.32. The van der Waals surface area contributed by atoms with Gasteiger partial charge in [-0.15, -0.1) is 0 Å². The number of fused-ring (bicyclic) bond motifs is 1. The second-order valence-corrected chi connectivity index (χ2v) is 7.89. The number of aromatic amines is 1. The topological polar surface area (TPSA) is 112 Å². The lowest BCUT2D eigenvalue weighted by atomic mass is 10.1. The molecule has 0 aliphatic carbocycles. The first-order valence-corrected chi connectivity index (χ1v) is 11.0. The van der Waals surface area contributed by atoms with Crippen LogP contribution in [0.2, 0.25) is 0 Å². The van der Waals surface area contributed by atoms with E-state index in [0.717, 1.165) is 10.1 Å². The summed E-state index contributed by atoms with van der Waals surface area (Å²) in [5.74, 6) is 1.80. The van der Waals surface area contributed by atoms with Gasteiger partial charge in [0.1, 0.15) is 0 Å². The Morgan fingerprint density at radius 1 is 0.971 bits per heavy atom. The van der Waals surface area contributed by atoms with E-state index in [1.807, 2.05) is 32.0 Å². The smallest absolute Gasteiger partial charge is 0.333 e. The summed E-state index contributed by atoms with van der Waals surface area (Å²) in [6, 6.07) is 17.5. The predicted octanol–water partition coefficient (Wildman–Crippen LogP) is 4.11. The molecule has 0 fully saturated rings. The molecule has 2 heterocycles. The van der Waals surface area contributed by atoms with Gasteiger partial charge in [0.2, 0.25) is 5.82 Å². The molecule has 9 heteroatoms. The fourth-order valence-corrected chi connectivity index (χ4v) is 3.82. The molecular formula is C26H22N4O5. The minimum Gasteiger partial charge on any atom is -0.493 e. The summed E-state index contributed by atoms with van der Waals surface area (Å²) in [4.78, 5) is 33.1. The van der Waals surface area contributed by atoms with Gasteiger partial charge in [0, 0.05) is 11.1 Å². The lowest BCUT2D eigenvalue weighted by Gasteiger charge is -2.09. The number of H-pyrrole nitrogens is 1. The maximum Gasteiger partial charge on any atom is 0.333 e. The molecule has 0 spiro atoms. The van der Waals surface area contributed by atoms with Gasteiger partial charge in [-0.3, -0.25) is 4.79 Å². The Bertz CT molecular complexity index is 1650. The fourth-order valence-electron chi connectivity index (χ4n) is 3.82. The van der Waals surface area contributed by atoms with E-state index >= 15 is 0 Å². The Balaban J connectivity index is 1.52. The zero-order valence-electron chi connectivity index (χ0n) is 19.4. The first-order chi connectivity index (χ1) is 17.0. The second kappa shape index (κ2) is 8.94. The molecule has 35 heavy (non-hydrogen) atoms. The van der Waals surface area contributed by atoms with Crippen molar-refractivity contribution in [2.75, 3.05) is 13.7 Å². The first kappa shape index (κ1) is 22.1. The molecule has 9 nitrogen and oxygen atoms in total. The number of hydrogen-bond donors (Lipinski definition) is 1. The SMILES string of the molecule is CCOc1ccc(-c2noc(-c3ccc4c(=O)n(-c5ccc(C)cc5)c(=O)[nH]c4c3)n2)cc1OC. The summed E-state index contributed by atoms with van der Waals surface area (Å²) in [6.07, 6.45) is 0. The van der Waals surface area contributed by atoms with Crippen LogP contribution in [0.4, 0.5) is 0 Å². The lowest BCUT2D eigenvalue weighted by molar-refractivity contribution is 0.311. The number of nitrogens with one attached hydrogen (secondary N) is 1. The zero-order valence-corrected chi connectivity index (χ0v) is 19.4. The van der Waals surface area contributed by atoms with Crippen LogP contribution in [-0.4, -0.2) is 33.4 Å². The predicted molar refractivity (Wildman–Crippen MR) is 131 cm³/mol. The molecular weight excluding hydrogens is 448 g/mol. The van der Waals surface area contributed by atoms with Crippen LogP contribution in [0, 0.1) is 6.92 Å². The van der Waals surface area contributed by atoms with E-state index in [9.17, 15) is 9.59 Å². The molecule has 2 aromatic heterocycles. The summed E-state index contributed by atoms with van der Waals surface area (Å²) >= 11 is 0. The standard InChI is InChI=1S/C26H22N4O5/c1-4-34-21-12-8-16(14-22(21)33-3)23-28-24(35-29-23)17-7-11-19-20(13-17)27-26(32)30(25(19)31)18-9-5-15(2)6-10-18/h5-14H,4H2,1-3H3,(H,27,32). The van der Waals surface area contributed by atoms with E-state index in [4.69, 9.17) is 14.0 Å². The summed E-state index contributed by atoms with van der Waals surface area (Å²) in [5, 5.41) is 4.44. The van der Waals surface area contributed by atoms with Gasteiger partial charge in [-0.05, 0) is 62.4 Å². The van der Waals surface area contributed by atoms with Crippen molar-refractivity contribution in [2.45, 2.75) is 13.8 Å². The lowest BCUT2D eigenvalue weighted by Crippen LogP contribution is -2.33. The average molecular weight is 470 g/mol. The van der Waals surface area contributed by atoms with Gasteiger partial charge < -0.3 is 19.0 Å². The third-order valence-corrected chi connectivity index (χ3v) is 5.58. The molecule has 3 aromatic carbocycles. The number of aromatic nitrogens is 4. The number of nitrogens with zero attached hydrogens (tertiary/aromatic N) is 3. The van der Waals surface area contributed by atoms with Gasteiger partial charge in [-0.2, -0.15) is 4.98 Å². The van der Waals surface area contributed by atoms with E-state index in [1.54, 1.807) is 49.6 Å². The van der Waals surface area contributed by atoms with E-state index in [2.05, 4.69) is 15.1 Å². The summed E-state index contributed by atoms with van der Waals surface area (Å²) in [7, 11) is 1.56. The maximum absolute atomic E-state index is 13.1. The molecule has 1 N–H and O–H groups in total. The summed E-state index contributed by atoms with van der Waals surface area (Å²) in [5.41, 5.74) is 2.23. The van der Waals surface area contributed by atoms with E-state index in [0.29, 0.717) is 51.6 Å². The van der Waals surface area contributed by atoms with Crippen LogP contribution < -0.4 is 20.7 Å². The highest BCUT2D eigenvalue weighted by molar-refractivity contribution is 5.82. The van der Waals surface area contributed by atoms with Crippen LogP contribution in [0.15, 0.2) is 74.8 Å². The third-order valence-electron chi connectivity index (χ3n) is 5.58. The minimum atomic E-state index is -0.531. The van der Waals surface area contributed by atoms with Crippen molar-refractivity contribution >= 4 is 10.9 Å². The Morgan fingerprint density at radius 3 is 2.49 bits per heavy atom. The van der Waals surface area contributed by atoms with Gasteiger partial charge in [-0.25, -0.2) is 9.36 Å². The van der Waals surface area contributed by atoms with Gasteiger partial charge in [0.15, 0.2) is 11.5 Å². The summed E-state index contributed by atoms with van der Waals surface area (Å²) in [6.45, 7) is 4.35. The van der Waals surface area contributed by atoms with Gasteiger partial charge >= 0.3 is 5.69 Å². The number of methoxy groups -OCH3 is 1. The molecule has 0 saturated carbocycles. The summed E-state index contributed by atoms with van der Waals surface area (Å²) < 4.78 is 17.5. The fraction of sp³-hybridized carbons (Fsp3) is 0.154. The Hall–Kier alpha value is -4.66. The van der Waals surface area contributed by atoms with Crippen molar-refractivity contribution in [3.05, 3.63) is 87.1 Å². The van der Waals surface area contributed by atoms with Crippen LogP contribution in [0.1, 0.15) is 12.5 Å².